The van der Waals surface area contributed by atoms with Crippen LogP contribution in [0.25, 0.3) is 0 Å². The molecule has 0 radical (unpaired) electrons. The summed E-state index contributed by atoms with van der Waals surface area (Å²) < 4.78 is 111. The minimum Gasteiger partial charge on any atom is -0.748 e. The number of ether oxygens (including phenoxy) is 1. The van der Waals surface area contributed by atoms with Gasteiger partial charge in [0.25, 0.3) is 0 Å². The molecule has 0 unspecified atom stereocenters. The summed E-state index contributed by atoms with van der Waals surface area (Å²) in [6, 6.07) is 0. The molecule has 0 aliphatic heterocycles. The van der Waals surface area contributed by atoms with E-state index in [-0.39, 0.29) is 6.42 Å². The van der Waals surface area contributed by atoms with Gasteiger partial charge in [0.1, 0.15) is 0 Å². The first-order chi connectivity index (χ1) is 9.66. The minimum atomic E-state index is -6.32. The van der Waals surface area contributed by atoms with Crippen molar-refractivity contribution in [2.24, 2.45) is 0 Å². The Kier molecular flexibility index (Phi) is 6.69. The normalized spacial score (nSPS) is 14.0. The van der Waals surface area contributed by atoms with E-state index in [1.54, 1.807) is 6.92 Å². The predicted molar refractivity (Wildman–Crippen MR) is 59.6 cm³/mol. The van der Waals surface area contributed by atoms with Crippen molar-refractivity contribution in [3.63, 3.8) is 0 Å². The molecule has 0 atom stereocenters. The number of rotatable bonds is 7. The number of carbonyl (C=O) groups is 1. The van der Waals surface area contributed by atoms with Gasteiger partial charge in [-0.15, -0.1) is 0 Å². The lowest BCUT2D eigenvalue weighted by Gasteiger charge is -2.36. The second-order valence-corrected chi connectivity index (χ2v) is 5.86. The zero-order valence-electron chi connectivity index (χ0n) is 11.3. The molecule has 0 rings (SSSR count). The van der Waals surface area contributed by atoms with Gasteiger partial charge in [-0.1, -0.05) is 19.8 Å². The van der Waals surface area contributed by atoms with Gasteiger partial charge in [-0.25, -0.2) is 8.42 Å². The molecule has 132 valence electrons. The van der Waals surface area contributed by atoms with Gasteiger partial charge in [0, 0.05) is 6.42 Å². The lowest BCUT2D eigenvalue weighted by molar-refractivity contribution is -0.361. The van der Waals surface area contributed by atoms with Crippen molar-refractivity contribution in [1.82, 2.24) is 0 Å². The Morgan fingerprint density at radius 2 is 1.50 bits per heavy atom. The van der Waals surface area contributed by atoms with Crippen LogP contribution in [0.1, 0.15) is 32.6 Å². The summed E-state index contributed by atoms with van der Waals surface area (Å²) in [6.45, 7) is 1.67. The van der Waals surface area contributed by atoms with Crippen LogP contribution in [0.15, 0.2) is 0 Å². The molecule has 0 aromatic heterocycles. The first-order valence-corrected chi connectivity index (χ1v) is 7.53. The monoisotopic (exact) mass is 359 g/mol. The Balaban J connectivity index is 5.63. The van der Waals surface area contributed by atoms with Gasteiger partial charge in [-0.05, 0) is 6.42 Å². The molecule has 0 amide bonds. The van der Waals surface area contributed by atoms with Crippen LogP contribution in [-0.2, 0) is 19.6 Å². The number of hydrogen-bond donors (Lipinski definition) is 0. The zero-order valence-corrected chi connectivity index (χ0v) is 12.1. The quantitative estimate of drug-likeness (QED) is 0.302. The molecule has 0 heterocycles. The summed E-state index contributed by atoms with van der Waals surface area (Å²) in [5, 5.41) is 0. The molecule has 0 bridgehead atoms. The fourth-order valence-electron chi connectivity index (χ4n) is 1.48. The molecule has 12 heteroatoms. The van der Waals surface area contributed by atoms with Crippen LogP contribution in [0.2, 0.25) is 0 Å². The van der Waals surface area contributed by atoms with E-state index in [2.05, 4.69) is 4.74 Å². The Morgan fingerprint density at radius 3 is 1.82 bits per heavy atom. The summed E-state index contributed by atoms with van der Waals surface area (Å²) in [5.74, 6) is -4.85. The third-order valence-electron chi connectivity index (χ3n) is 2.57. The van der Waals surface area contributed by atoms with Crippen LogP contribution < -0.4 is 0 Å². The first kappa shape index (κ1) is 21.0. The van der Waals surface area contributed by atoms with Gasteiger partial charge in [-0.2, -0.15) is 26.3 Å². The molecule has 0 aromatic carbocycles. The standard InChI is InChI=1S/C10H14F6O5S/c1-2-3-4-5-7(17)21-8(9(11,12)13,10(14,15)16)6-22(18,19)20/h2-6H2,1H3,(H,18,19,20)/p-1. The molecule has 0 N–H and O–H groups in total. The molecule has 0 spiro atoms. The Morgan fingerprint density at radius 1 is 1.05 bits per heavy atom. The highest BCUT2D eigenvalue weighted by molar-refractivity contribution is 7.85. The largest absolute Gasteiger partial charge is 0.748 e. The van der Waals surface area contributed by atoms with E-state index < -0.39 is 46.2 Å². The molecular weight excluding hydrogens is 346 g/mol. The third-order valence-corrected chi connectivity index (χ3v) is 3.33. The SMILES string of the molecule is CCCCCC(=O)OC(CS(=O)(=O)[O-])(C(F)(F)F)C(F)(F)F. The van der Waals surface area contributed by atoms with Crippen molar-refractivity contribution in [1.29, 1.82) is 0 Å². The average Bonchev–Trinajstić information content (AvgIpc) is 2.23. The van der Waals surface area contributed by atoms with Crippen LogP contribution in [0.5, 0.6) is 0 Å². The maximum Gasteiger partial charge on any atom is 0.438 e. The van der Waals surface area contributed by atoms with E-state index in [0.717, 1.165) is 0 Å². The van der Waals surface area contributed by atoms with Crippen LogP contribution in [0.4, 0.5) is 26.3 Å². The lowest BCUT2D eigenvalue weighted by Crippen LogP contribution is -2.63. The van der Waals surface area contributed by atoms with Gasteiger partial charge in [0.15, 0.2) is 0 Å². The summed E-state index contributed by atoms with van der Waals surface area (Å²) in [4.78, 5) is 11.2. The van der Waals surface area contributed by atoms with Gasteiger partial charge < -0.3 is 9.29 Å². The molecule has 0 saturated heterocycles. The van der Waals surface area contributed by atoms with Crippen molar-refractivity contribution in [3.05, 3.63) is 0 Å². The molecular formula is C10H13F6O5S-. The van der Waals surface area contributed by atoms with Gasteiger partial charge >= 0.3 is 23.9 Å². The number of alkyl halides is 6. The molecule has 22 heavy (non-hydrogen) atoms. The average molecular weight is 359 g/mol. The lowest BCUT2D eigenvalue weighted by atomic mass is 10.1. The smallest absolute Gasteiger partial charge is 0.438 e. The Hall–Kier alpha value is -1.04. The topological polar surface area (TPSA) is 83.5 Å². The summed E-state index contributed by atoms with van der Waals surface area (Å²) >= 11 is 0. The van der Waals surface area contributed by atoms with Crippen LogP contribution in [-0.4, -0.2) is 42.6 Å². The fourth-order valence-corrected chi connectivity index (χ4v) is 2.37. The molecule has 0 aliphatic rings. The second-order valence-electron chi connectivity index (χ2n) is 4.46. The second kappa shape index (κ2) is 7.02. The highest BCUT2D eigenvalue weighted by Gasteiger charge is 2.75. The number of hydrogen-bond acceptors (Lipinski definition) is 5. The molecule has 0 fully saturated rings. The number of unbranched alkanes of at least 4 members (excludes halogenated alkanes) is 2. The zero-order chi connectivity index (χ0) is 17.8. The minimum absolute atomic E-state index is 0.0365. The van der Waals surface area contributed by atoms with Crippen molar-refractivity contribution >= 4 is 16.1 Å². The van der Waals surface area contributed by atoms with E-state index in [9.17, 15) is 44.1 Å². The molecule has 0 saturated carbocycles. The van der Waals surface area contributed by atoms with Crippen molar-refractivity contribution < 1.29 is 48.8 Å². The van der Waals surface area contributed by atoms with Crippen LogP contribution in [0.3, 0.4) is 0 Å². The predicted octanol–water partition coefficient (Wildman–Crippen LogP) is 2.52. The van der Waals surface area contributed by atoms with E-state index in [0.29, 0.717) is 12.8 Å². The van der Waals surface area contributed by atoms with Gasteiger partial charge in [-0.3, -0.25) is 4.79 Å². The maximum atomic E-state index is 12.7. The Bertz CT molecular complexity index is 467. The first-order valence-electron chi connectivity index (χ1n) is 5.95. The number of halogens is 6. The highest BCUT2D eigenvalue weighted by Crippen LogP contribution is 2.47. The highest BCUT2D eigenvalue weighted by atomic mass is 32.2. The van der Waals surface area contributed by atoms with Gasteiger partial charge in [0.05, 0.1) is 15.9 Å². The van der Waals surface area contributed by atoms with Crippen LogP contribution in [0, 0.1) is 0 Å². The van der Waals surface area contributed by atoms with Crippen molar-refractivity contribution in [2.75, 3.05) is 5.75 Å². The Labute approximate surface area is 122 Å². The maximum absolute atomic E-state index is 12.7. The van der Waals surface area contributed by atoms with Crippen LogP contribution >= 0.6 is 0 Å². The summed E-state index contributed by atoms with van der Waals surface area (Å²) in [5.41, 5.74) is -5.37. The third kappa shape index (κ3) is 5.63. The van der Waals surface area contributed by atoms with E-state index >= 15 is 0 Å². The summed E-state index contributed by atoms with van der Waals surface area (Å²) in [6.07, 6.45) is -12.6. The number of esters is 1. The van der Waals surface area contributed by atoms with Crippen molar-refractivity contribution in [3.8, 4) is 0 Å². The van der Waals surface area contributed by atoms with Crippen molar-refractivity contribution in [2.45, 2.75) is 50.6 Å². The molecule has 5 nitrogen and oxygen atoms in total. The fraction of sp³-hybridized carbons (Fsp3) is 0.900. The van der Waals surface area contributed by atoms with E-state index in [1.807, 2.05) is 0 Å². The number of carbonyl (C=O) groups excluding carboxylic acids is 1. The van der Waals surface area contributed by atoms with E-state index in [1.165, 1.54) is 0 Å². The van der Waals surface area contributed by atoms with Gasteiger partial charge in [0.2, 0.25) is 0 Å². The van der Waals surface area contributed by atoms with E-state index in [4.69, 9.17) is 0 Å². The molecule has 0 aliphatic carbocycles. The molecule has 0 aromatic rings. The summed E-state index contributed by atoms with van der Waals surface area (Å²) in [7, 11) is -5.99.